The zero-order valence-electron chi connectivity index (χ0n) is 11.4. The largest absolute Gasteiger partial charge is 0.379 e. The first-order chi connectivity index (χ1) is 8.22. The molecule has 0 spiro atoms. The molecule has 1 N–H and O–H groups in total. The summed E-state index contributed by atoms with van der Waals surface area (Å²) >= 11 is 1.78. The molecule has 1 aromatic rings. The van der Waals surface area contributed by atoms with Crippen LogP contribution in [0.5, 0.6) is 0 Å². The van der Waals surface area contributed by atoms with Crippen molar-refractivity contribution in [2.45, 2.75) is 37.8 Å². The van der Waals surface area contributed by atoms with Crippen LogP contribution in [-0.4, -0.2) is 25.5 Å². The fourth-order valence-corrected chi connectivity index (χ4v) is 1.90. The van der Waals surface area contributed by atoms with Crippen molar-refractivity contribution >= 4 is 24.2 Å². The number of ether oxygens (including phenoxy) is 1. The number of nitrogens with one attached hydrogen (secondary N) is 1. The Labute approximate surface area is 121 Å². The third kappa shape index (κ3) is 7.98. The van der Waals surface area contributed by atoms with E-state index in [-0.39, 0.29) is 12.4 Å². The molecule has 0 atom stereocenters. The molecule has 0 aromatic heterocycles. The molecule has 0 saturated carbocycles. The van der Waals surface area contributed by atoms with E-state index in [0.717, 1.165) is 26.1 Å². The van der Waals surface area contributed by atoms with E-state index >= 15 is 0 Å². The predicted molar refractivity (Wildman–Crippen MR) is 82.9 cm³/mol. The Hall–Kier alpha value is -0.220. The van der Waals surface area contributed by atoms with Crippen LogP contribution in [0, 0.1) is 0 Å². The first-order valence-corrected chi connectivity index (χ1v) is 7.40. The minimum absolute atomic E-state index is 0. The maximum Gasteiger partial charge on any atom is 0.0518 e. The fraction of sp³-hybridized carbons (Fsp3) is 0.571. The number of hydrogen-bond acceptors (Lipinski definition) is 3. The average molecular weight is 290 g/mol. The smallest absolute Gasteiger partial charge is 0.0518 e. The summed E-state index contributed by atoms with van der Waals surface area (Å²) in [5.41, 5.74) is 1.34. The Kier molecular flexibility index (Phi) is 10.5. The van der Waals surface area contributed by atoms with Gasteiger partial charge in [0, 0.05) is 18.0 Å². The molecule has 1 rings (SSSR count). The molecule has 0 saturated heterocycles. The van der Waals surface area contributed by atoms with E-state index in [9.17, 15) is 0 Å². The summed E-state index contributed by atoms with van der Waals surface area (Å²) in [6, 6.07) is 8.71. The van der Waals surface area contributed by atoms with Gasteiger partial charge in [-0.05, 0) is 50.8 Å². The van der Waals surface area contributed by atoms with Crippen LogP contribution in [-0.2, 0) is 11.3 Å². The van der Waals surface area contributed by atoms with Crippen LogP contribution in [0.15, 0.2) is 29.2 Å². The van der Waals surface area contributed by atoms with Crippen LogP contribution >= 0.6 is 24.2 Å². The molecule has 0 heterocycles. The summed E-state index contributed by atoms with van der Waals surface area (Å²) in [5.74, 6) is 0. The van der Waals surface area contributed by atoms with Gasteiger partial charge in [-0.25, -0.2) is 0 Å². The molecule has 104 valence electrons. The highest BCUT2D eigenvalue weighted by atomic mass is 35.5. The Morgan fingerprint density at radius 2 is 1.89 bits per heavy atom. The van der Waals surface area contributed by atoms with Gasteiger partial charge in [0.1, 0.15) is 0 Å². The topological polar surface area (TPSA) is 21.3 Å². The minimum Gasteiger partial charge on any atom is -0.379 e. The first-order valence-electron chi connectivity index (χ1n) is 6.17. The van der Waals surface area contributed by atoms with Crippen LogP contribution in [0.1, 0.15) is 25.8 Å². The number of rotatable bonds is 8. The lowest BCUT2D eigenvalue weighted by Gasteiger charge is -2.08. The van der Waals surface area contributed by atoms with Crippen molar-refractivity contribution in [2.75, 3.05) is 19.4 Å². The predicted octanol–water partition coefficient (Wildman–Crippen LogP) is 3.74. The standard InChI is InChI=1S/C14H23NOS.ClH/c1-12(2)16-10-4-9-15-11-13-5-7-14(17-3)8-6-13;/h5-8,12,15H,4,9-11H2,1-3H3;1H. The zero-order chi connectivity index (χ0) is 12.5. The maximum absolute atomic E-state index is 5.48. The molecule has 1 aromatic carbocycles. The molecule has 18 heavy (non-hydrogen) atoms. The van der Waals surface area contributed by atoms with Crippen molar-refractivity contribution < 1.29 is 4.74 Å². The molecule has 4 heteroatoms. The van der Waals surface area contributed by atoms with Gasteiger partial charge in [-0.2, -0.15) is 0 Å². The van der Waals surface area contributed by atoms with E-state index < -0.39 is 0 Å². The molecule has 0 radical (unpaired) electrons. The highest BCUT2D eigenvalue weighted by Gasteiger charge is 1.95. The van der Waals surface area contributed by atoms with Crippen LogP contribution < -0.4 is 5.32 Å². The molecule has 2 nitrogen and oxygen atoms in total. The Balaban J connectivity index is 0.00000289. The van der Waals surface area contributed by atoms with Crippen LogP contribution in [0.4, 0.5) is 0 Å². The molecule has 0 aliphatic carbocycles. The maximum atomic E-state index is 5.48. The fourth-order valence-electron chi connectivity index (χ4n) is 1.49. The van der Waals surface area contributed by atoms with Crippen LogP contribution in [0.3, 0.4) is 0 Å². The summed E-state index contributed by atoms with van der Waals surface area (Å²) in [5, 5.41) is 3.43. The van der Waals surface area contributed by atoms with Crippen molar-refractivity contribution in [3.05, 3.63) is 29.8 Å². The van der Waals surface area contributed by atoms with E-state index in [4.69, 9.17) is 4.74 Å². The Bertz CT molecular complexity index is 303. The van der Waals surface area contributed by atoms with Crippen molar-refractivity contribution in [2.24, 2.45) is 0 Å². The third-order valence-corrected chi connectivity index (χ3v) is 3.18. The molecule has 0 fully saturated rings. The van der Waals surface area contributed by atoms with Crippen LogP contribution in [0.25, 0.3) is 0 Å². The van der Waals surface area contributed by atoms with Gasteiger partial charge in [-0.1, -0.05) is 12.1 Å². The van der Waals surface area contributed by atoms with Gasteiger partial charge in [0.2, 0.25) is 0 Å². The summed E-state index contributed by atoms with van der Waals surface area (Å²) in [6.07, 6.45) is 3.51. The van der Waals surface area contributed by atoms with Gasteiger partial charge in [-0.15, -0.1) is 24.2 Å². The third-order valence-electron chi connectivity index (χ3n) is 2.44. The van der Waals surface area contributed by atoms with Crippen molar-refractivity contribution in [3.63, 3.8) is 0 Å². The second kappa shape index (κ2) is 10.7. The van der Waals surface area contributed by atoms with E-state index in [0.29, 0.717) is 6.10 Å². The SMILES string of the molecule is CSc1ccc(CNCCCOC(C)C)cc1.Cl. The number of benzene rings is 1. The lowest BCUT2D eigenvalue weighted by molar-refractivity contribution is 0.0770. The highest BCUT2D eigenvalue weighted by Crippen LogP contribution is 2.14. The van der Waals surface area contributed by atoms with E-state index in [1.54, 1.807) is 11.8 Å². The van der Waals surface area contributed by atoms with Crippen molar-refractivity contribution in [3.8, 4) is 0 Å². The first kappa shape index (κ1) is 17.8. The van der Waals surface area contributed by atoms with Crippen molar-refractivity contribution in [1.29, 1.82) is 0 Å². The summed E-state index contributed by atoms with van der Waals surface area (Å²) in [4.78, 5) is 1.32. The Morgan fingerprint density at radius 3 is 2.44 bits per heavy atom. The molecule has 0 aliphatic heterocycles. The molecule has 0 unspecified atom stereocenters. The van der Waals surface area contributed by atoms with Crippen molar-refractivity contribution in [1.82, 2.24) is 5.32 Å². The summed E-state index contributed by atoms with van der Waals surface area (Å²) in [7, 11) is 0. The van der Waals surface area contributed by atoms with E-state index in [1.165, 1.54) is 10.5 Å². The molecule has 0 amide bonds. The zero-order valence-corrected chi connectivity index (χ0v) is 13.1. The number of hydrogen-bond donors (Lipinski definition) is 1. The number of halogens is 1. The van der Waals surface area contributed by atoms with E-state index in [2.05, 4.69) is 49.7 Å². The minimum atomic E-state index is 0. The summed E-state index contributed by atoms with van der Waals surface area (Å²) < 4.78 is 5.48. The van der Waals surface area contributed by atoms with Gasteiger partial charge in [0.05, 0.1) is 6.10 Å². The molecule has 0 aliphatic rings. The van der Waals surface area contributed by atoms with Gasteiger partial charge in [0.25, 0.3) is 0 Å². The lowest BCUT2D eigenvalue weighted by atomic mass is 10.2. The molecular formula is C14H24ClNOS. The van der Waals surface area contributed by atoms with Gasteiger partial charge in [0.15, 0.2) is 0 Å². The van der Waals surface area contributed by atoms with E-state index in [1.807, 2.05) is 0 Å². The summed E-state index contributed by atoms with van der Waals surface area (Å²) in [6.45, 7) is 6.94. The quantitative estimate of drug-likeness (QED) is 0.582. The second-order valence-corrected chi connectivity index (χ2v) is 5.18. The monoisotopic (exact) mass is 289 g/mol. The normalized spacial score (nSPS) is 10.4. The van der Waals surface area contributed by atoms with Gasteiger partial charge in [-0.3, -0.25) is 0 Å². The second-order valence-electron chi connectivity index (χ2n) is 4.30. The Morgan fingerprint density at radius 1 is 1.22 bits per heavy atom. The van der Waals surface area contributed by atoms with Gasteiger partial charge >= 0.3 is 0 Å². The average Bonchev–Trinajstić information content (AvgIpc) is 2.34. The molecular weight excluding hydrogens is 266 g/mol. The highest BCUT2D eigenvalue weighted by molar-refractivity contribution is 7.98. The molecule has 0 bridgehead atoms. The lowest BCUT2D eigenvalue weighted by Crippen LogP contribution is -2.17. The number of thioether (sulfide) groups is 1. The van der Waals surface area contributed by atoms with Crippen LogP contribution in [0.2, 0.25) is 0 Å². The van der Waals surface area contributed by atoms with Gasteiger partial charge < -0.3 is 10.1 Å².